The molecule has 2 amide bonds. The van der Waals surface area contributed by atoms with Crippen molar-refractivity contribution in [2.45, 2.75) is 59.7 Å². The van der Waals surface area contributed by atoms with Gasteiger partial charge in [0.15, 0.2) is 5.69 Å². The highest BCUT2D eigenvalue weighted by Gasteiger charge is 2.38. The van der Waals surface area contributed by atoms with Crippen molar-refractivity contribution in [1.82, 2.24) is 4.98 Å². The maximum atomic E-state index is 14.6. The first-order valence-corrected chi connectivity index (χ1v) is 11.9. The number of nitrogens with zero attached hydrogens (tertiary/aromatic N) is 2. The number of aromatic nitrogens is 1. The van der Waals surface area contributed by atoms with Gasteiger partial charge in [-0.3, -0.25) is 0 Å². The maximum absolute atomic E-state index is 14.6. The van der Waals surface area contributed by atoms with Crippen molar-refractivity contribution < 1.29 is 33.0 Å². The Kier molecular flexibility index (Phi) is 8.44. The van der Waals surface area contributed by atoms with Crippen molar-refractivity contribution in [3.63, 3.8) is 0 Å². The molecule has 11 heteroatoms. The molecule has 0 spiro atoms. The molecule has 0 aliphatic rings. The van der Waals surface area contributed by atoms with Gasteiger partial charge in [0, 0.05) is 9.13 Å². The molecule has 0 aliphatic heterocycles. The van der Waals surface area contributed by atoms with Crippen molar-refractivity contribution >= 4 is 57.1 Å². The molecule has 1 aromatic carbocycles. The number of amides is 2. The van der Waals surface area contributed by atoms with E-state index in [0.717, 1.165) is 14.9 Å². The van der Waals surface area contributed by atoms with Crippen molar-refractivity contribution in [3.8, 4) is 10.6 Å². The van der Waals surface area contributed by atoms with Gasteiger partial charge in [0.25, 0.3) is 0 Å². The summed E-state index contributed by atoms with van der Waals surface area (Å²) in [5.41, 5.74) is -2.11. The minimum absolute atomic E-state index is 0.0294. The summed E-state index contributed by atoms with van der Waals surface area (Å²) in [6, 6.07) is 4.38. The maximum Gasteiger partial charge on any atom is 0.425 e. The van der Waals surface area contributed by atoms with Gasteiger partial charge in [-0.15, -0.1) is 0 Å². The summed E-state index contributed by atoms with van der Waals surface area (Å²) in [6.45, 7) is 11.4. The van der Waals surface area contributed by atoms with Crippen LogP contribution >= 0.6 is 33.9 Å². The third kappa shape index (κ3) is 7.36. The number of hydrogen-bond donors (Lipinski definition) is 0. The van der Waals surface area contributed by atoms with E-state index in [-0.39, 0.29) is 27.9 Å². The Hall–Kier alpha value is -2.28. The van der Waals surface area contributed by atoms with E-state index in [9.17, 15) is 18.8 Å². The molecule has 0 unspecified atom stereocenters. The minimum atomic E-state index is -1.07. The summed E-state index contributed by atoms with van der Waals surface area (Å²) in [6.07, 6.45) is -2.14. The molecule has 33 heavy (non-hydrogen) atoms. The first kappa shape index (κ1) is 27.0. The molecule has 0 bridgehead atoms. The number of benzene rings is 1. The van der Waals surface area contributed by atoms with Crippen molar-refractivity contribution in [2.75, 3.05) is 11.5 Å². The Morgan fingerprint density at radius 1 is 1.06 bits per heavy atom. The molecule has 180 valence electrons. The lowest BCUT2D eigenvalue weighted by Crippen LogP contribution is -2.44. The van der Waals surface area contributed by atoms with Crippen LogP contribution in [-0.4, -0.2) is 40.9 Å². The van der Waals surface area contributed by atoms with E-state index >= 15 is 0 Å². The highest BCUT2D eigenvalue weighted by molar-refractivity contribution is 14.1. The lowest BCUT2D eigenvalue weighted by atomic mass is 10.2. The summed E-state index contributed by atoms with van der Waals surface area (Å²) in [4.78, 5) is 43.6. The van der Waals surface area contributed by atoms with E-state index in [1.165, 1.54) is 6.07 Å². The zero-order valence-corrected chi connectivity index (χ0v) is 22.4. The fourth-order valence-electron chi connectivity index (χ4n) is 2.43. The van der Waals surface area contributed by atoms with Crippen molar-refractivity contribution in [2.24, 2.45) is 0 Å². The summed E-state index contributed by atoms with van der Waals surface area (Å²) in [5, 5.41) is -0.105. The quantitative estimate of drug-likeness (QED) is 0.230. The molecule has 0 saturated carbocycles. The topological polar surface area (TPSA) is 95.0 Å². The van der Waals surface area contributed by atoms with E-state index in [4.69, 9.17) is 14.2 Å². The molecule has 1 aromatic heterocycles. The molecule has 2 rings (SSSR count). The van der Waals surface area contributed by atoms with Gasteiger partial charge in [-0.2, -0.15) is 4.90 Å². The van der Waals surface area contributed by atoms with Crippen LogP contribution in [-0.2, 0) is 14.2 Å². The second-order valence-corrected chi connectivity index (χ2v) is 11.0. The average Bonchev–Trinajstić information content (AvgIpc) is 3.05. The van der Waals surface area contributed by atoms with Crippen LogP contribution in [0.25, 0.3) is 10.6 Å². The number of hydrogen-bond acceptors (Lipinski definition) is 8. The second kappa shape index (κ2) is 10.3. The highest BCUT2D eigenvalue weighted by atomic mass is 127. The van der Waals surface area contributed by atoms with Crippen LogP contribution in [0.5, 0.6) is 0 Å². The molecule has 0 atom stereocenters. The van der Waals surface area contributed by atoms with Crippen LogP contribution in [0.1, 0.15) is 59.0 Å². The number of esters is 1. The number of halogens is 2. The van der Waals surface area contributed by atoms with E-state index in [1.807, 2.05) is 22.6 Å². The number of anilines is 1. The lowest BCUT2D eigenvalue weighted by molar-refractivity contribution is 0.0431. The van der Waals surface area contributed by atoms with E-state index < -0.39 is 35.2 Å². The monoisotopic (exact) mass is 592 g/mol. The molecular weight excluding hydrogens is 566 g/mol. The zero-order chi connectivity index (χ0) is 25.1. The molecule has 0 aliphatic carbocycles. The normalized spacial score (nSPS) is 11.7. The Labute approximate surface area is 209 Å². The van der Waals surface area contributed by atoms with Crippen molar-refractivity contribution in [1.29, 1.82) is 0 Å². The van der Waals surface area contributed by atoms with Gasteiger partial charge in [0.05, 0.1) is 6.61 Å². The van der Waals surface area contributed by atoms with Gasteiger partial charge in [0.2, 0.25) is 0 Å². The summed E-state index contributed by atoms with van der Waals surface area (Å²) >= 11 is 2.79. The molecule has 0 saturated heterocycles. The SMILES string of the molecule is CCOC(=O)c1nc(-c2cc(I)ccc2F)sc1N(C(=O)OC(C)(C)C)C(=O)OC(C)(C)C. The van der Waals surface area contributed by atoms with Crippen molar-refractivity contribution in [3.05, 3.63) is 33.3 Å². The fraction of sp³-hybridized carbons (Fsp3) is 0.455. The van der Waals surface area contributed by atoms with Gasteiger partial charge in [0.1, 0.15) is 27.0 Å². The minimum Gasteiger partial charge on any atom is -0.461 e. The number of thiazole rings is 1. The standard InChI is InChI=1S/C22H26FIN2O6S/c1-8-30-18(27)15-17(33-16(25-15)13-11-12(24)9-10-14(13)23)26(19(28)31-21(2,3)4)20(29)32-22(5,6)7/h9-11H,8H2,1-7H3. The predicted octanol–water partition coefficient (Wildman–Crippen LogP) is 6.41. The molecule has 8 nitrogen and oxygen atoms in total. The Morgan fingerprint density at radius 2 is 1.61 bits per heavy atom. The zero-order valence-electron chi connectivity index (χ0n) is 19.4. The summed E-state index contributed by atoms with van der Waals surface area (Å²) < 4.78 is 31.1. The van der Waals surface area contributed by atoms with E-state index in [1.54, 1.807) is 60.6 Å². The van der Waals surface area contributed by atoms with Gasteiger partial charge in [-0.25, -0.2) is 23.8 Å². The number of carbonyl (C=O) groups excluding carboxylic acids is 3. The molecule has 0 N–H and O–H groups in total. The van der Waals surface area contributed by atoms with E-state index in [2.05, 4.69) is 4.98 Å². The Balaban J connectivity index is 2.72. The summed E-state index contributed by atoms with van der Waals surface area (Å²) in [7, 11) is 0. The van der Waals surface area contributed by atoms with Gasteiger partial charge >= 0.3 is 18.2 Å². The smallest absolute Gasteiger partial charge is 0.425 e. The van der Waals surface area contributed by atoms with Crippen LogP contribution in [0.2, 0.25) is 0 Å². The van der Waals surface area contributed by atoms with Crippen LogP contribution in [0.15, 0.2) is 18.2 Å². The van der Waals surface area contributed by atoms with Crippen LogP contribution in [0.4, 0.5) is 19.0 Å². The molecule has 0 fully saturated rings. The third-order valence-electron chi connectivity index (χ3n) is 3.59. The fourth-order valence-corrected chi connectivity index (χ4v) is 3.97. The number of rotatable bonds is 4. The summed E-state index contributed by atoms with van der Waals surface area (Å²) in [5.74, 6) is -1.45. The largest absolute Gasteiger partial charge is 0.461 e. The molecule has 2 aromatic rings. The average molecular weight is 592 g/mol. The van der Waals surface area contributed by atoms with E-state index in [0.29, 0.717) is 4.90 Å². The first-order valence-electron chi connectivity index (χ1n) is 10.0. The van der Waals surface area contributed by atoms with Gasteiger partial charge in [-0.05, 0) is 89.3 Å². The number of carbonyl (C=O) groups is 3. The third-order valence-corrected chi connectivity index (χ3v) is 5.34. The first-order chi connectivity index (χ1) is 15.1. The number of ether oxygens (including phenoxy) is 3. The number of imide groups is 1. The predicted molar refractivity (Wildman–Crippen MR) is 131 cm³/mol. The van der Waals surface area contributed by atoms with Crippen LogP contribution in [0.3, 0.4) is 0 Å². The highest BCUT2D eigenvalue weighted by Crippen LogP contribution is 2.38. The molecular formula is C22H26FIN2O6S. The molecule has 1 heterocycles. The molecule has 0 radical (unpaired) electrons. The Morgan fingerprint density at radius 3 is 2.09 bits per heavy atom. The second-order valence-electron chi connectivity index (χ2n) is 8.81. The Bertz CT molecular complexity index is 1030. The lowest BCUT2D eigenvalue weighted by Gasteiger charge is -2.28. The van der Waals surface area contributed by atoms with Crippen LogP contribution in [0, 0.1) is 9.39 Å². The van der Waals surface area contributed by atoms with Gasteiger partial charge < -0.3 is 14.2 Å². The van der Waals surface area contributed by atoms with Gasteiger partial charge in [-0.1, -0.05) is 11.3 Å². The van der Waals surface area contributed by atoms with Crippen LogP contribution < -0.4 is 4.90 Å².